The molecule has 0 unspecified atom stereocenters. The molecule has 11 heteroatoms. The van der Waals surface area contributed by atoms with Gasteiger partial charge in [0.05, 0.1) is 11.4 Å². The Balaban J connectivity index is 2.03. The Labute approximate surface area is 235 Å². The molecule has 0 radical (unpaired) electrons. The Morgan fingerprint density at radius 1 is 0.825 bits per heavy atom. The zero-order valence-electron chi connectivity index (χ0n) is 24.3. The molecule has 0 aliphatic carbocycles. The number of nitrogens with one attached hydrogen (secondary N) is 3. The minimum Gasteiger partial charge on any atom is -0.458 e. The van der Waals surface area contributed by atoms with E-state index in [1.807, 2.05) is 13.8 Å². The summed E-state index contributed by atoms with van der Waals surface area (Å²) in [5.41, 5.74) is 0.303. The predicted molar refractivity (Wildman–Crippen MR) is 152 cm³/mol. The van der Waals surface area contributed by atoms with Gasteiger partial charge in [0.2, 0.25) is 5.91 Å². The van der Waals surface area contributed by atoms with Crippen LogP contribution in [0.3, 0.4) is 0 Å². The molecule has 0 spiro atoms. The van der Waals surface area contributed by atoms with Gasteiger partial charge >= 0.3 is 12.1 Å². The number of benzene rings is 2. The van der Waals surface area contributed by atoms with E-state index in [-0.39, 0.29) is 12.5 Å². The van der Waals surface area contributed by atoms with Crippen molar-refractivity contribution in [2.24, 2.45) is 16.1 Å². The van der Waals surface area contributed by atoms with E-state index in [0.29, 0.717) is 22.6 Å². The van der Waals surface area contributed by atoms with Crippen molar-refractivity contribution in [2.75, 3.05) is 11.9 Å². The lowest BCUT2D eigenvalue weighted by Crippen LogP contribution is -2.47. The van der Waals surface area contributed by atoms with E-state index >= 15 is 0 Å². The van der Waals surface area contributed by atoms with Crippen molar-refractivity contribution in [2.45, 2.75) is 72.6 Å². The maximum absolute atomic E-state index is 12.9. The molecule has 40 heavy (non-hydrogen) atoms. The van der Waals surface area contributed by atoms with Crippen molar-refractivity contribution in [1.29, 1.82) is 0 Å². The number of alkyl carbamates (subject to hydrolysis) is 1. The number of hydrogen-bond donors (Lipinski definition) is 3. The fourth-order valence-electron chi connectivity index (χ4n) is 3.23. The zero-order chi connectivity index (χ0) is 30.1. The number of nitrogens with zero attached hydrogens (tertiary/aromatic N) is 2. The summed E-state index contributed by atoms with van der Waals surface area (Å²) in [6.45, 7) is 13.9. The predicted octanol–water partition coefficient (Wildman–Crippen LogP) is 5.66. The SMILES string of the molecule is CC(C)[C@H](NC(=O)c1cccc(N=Nc2cccc(NC(=O)CNC(=O)OC(C)(C)C)c2)c1)C(=O)OC(C)(C)C. The first kappa shape index (κ1) is 31.9. The molecule has 0 aliphatic heterocycles. The van der Waals surface area contributed by atoms with Crippen LogP contribution in [0.5, 0.6) is 0 Å². The summed E-state index contributed by atoms with van der Waals surface area (Å²) in [5, 5.41) is 16.2. The highest BCUT2D eigenvalue weighted by Gasteiger charge is 2.29. The van der Waals surface area contributed by atoms with Crippen LogP contribution >= 0.6 is 0 Å². The van der Waals surface area contributed by atoms with E-state index in [0.717, 1.165) is 0 Å². The van der Waals surface area contributed by atoms with Crippen LogP contribution in [0.4, 0.5) is 21.9 Å². The van der Waals surface area contributed by atoms with Gasteiger partial charge in [-0.25, -0.2) is 9.59 Å². The second kappa shape index (κ2) is 13.7. The second-order valence-electron chi connectivity index (χ2n) is 11.4. The molecule has 0 heterocycles. The minimum absolute atomic E-state index is 0.178. The third kappa shape index (κ3) is 11.6. The Hall–Kier alpha value is -4.28. The summed E-state index contributed by atoms with van der Waals surface area (Å²) in [6.07, 6.45) is -0.689. The van der Waals surface area contributed by atoms with Gasteiger partial charge in [0.25, 0.3) is 5.91 Å². The quantitative estimate of drug-likeness (QED) is 0.270. The smallest absolute Gasteiger partial charge is 0.408 e. The number of esters is 1. The lowest BCUT2D eigenvalue weighted by molar-refractivity contribution is -0.158. The highest BCUT2D eigenvalue weighted by atomic mass is 16.6. The summed E-state index contributed by atoms with van der Waals surface area (Å²) in [7, 11) is 0. The number of rotatable bonds is 9. The van der Waals surface area contributed by atoms with Crippen molar-refractivity contribution in [3.8, 4) is 0 Å². The molecule has 2 aromatic carbocycles. The van der Waals surface area contributed by atoms with Crippen molar-refractivity contribution >= 4 is 40.9 Å². The Morgan fingerprint density at radius 3 is 1.98 bits per heavy atom. The molecule has 0 aromatic heterocycles. The number of azo groups is 1. The lowest BCUT2D eigenvalue weighted by Gasteiger charge is -2.26. The Morgan fingerprint density at radius 2 is 1.40 bits per heavy atom. The van der Waals surface area contributed by atoms with Crippen molar-refractivity contribution in [1.82, 2.24) is 10.6 Å². The van der Waals surface area contributed by atoms with Gasteiger partial charge < -0.3 is 25.4 Å². The highest BCUT2D eigenvalue weighted by molar-refractivity contribution is 5.97. The molecule has 0 saturated carbocycles. The number of amides is 3. The largest absolute Gasteiger partial charge is 0.458 e. The maximum Gasteiger partial charge on any atom is 0.408 e. The molecule has 216 valence electrons. The number of anilines is 1. The molecule has 2 aromatic rings. The maximum atomic E-state index is 12.9. The molecule has 0 saturated heterocycles. The molecule has 1 atom stereocenters. The summed E-state index contributed by atoms with van der Waals surface area (Å²) in [4.78, 5) is 49.4. The van der Waals surface area contributed by atoms with Gasteiger partial charge in [-0.05, 0) is 83.9 Å². The molecule has 11 nitrogen and oxygen atoms in total. The van der Waals surface area contributed by atoms with Crippen LogP contribution < -0.4 is 16.0 Å². The fraction of sp³-hybridized carbons (Fsp3) is 0.448. The van der Waals surface area contributed by atoms with Gasteiger partial charge in [-0.3, -0.25) is 9.59 Å². The van der Waals surface area contributed by atoms with E-state index in [1.165, 1.54) is 0 Å². The van der Waals surface area contributed by atoms with Crippen LogP contribution in [0.25, 0.3) is 0 Å². The van der Waals surface area contributed by atoms with Gasteiger partial charge in [-0.1, -0.05) is 26.0 Å². The van der Waals surface area contributed by atoms with Crippen LogP contribution in [-0.4, -0.2) is 47.7 Å². The summed E-state index contributed by atoms with van der Waals surface area (Å²) in [5.74, 6) is -1.56. The lowest BCUT2D eigenvalue weighted by atomic mass is 10.0. The number of carbonyl (C=O) groups is 4. The molecule has 0 fully saturated rings. The molecule has 0 aliphatic rings. The molecule has 3 amide bonds. The first-order valence-electron chi connectivity index (χ1n) is 12.9. The second-order valence-corrected chi connectivity index (χ2v) is 11.4. The number of hydrogen-bond acceptors (Lipinski definition) is 8. The van der Waals surface area contributed by atoms with E-state index < -0.39 is 41.1 Å². The molecular weight excluding hydrogens is 514 g/mol. The van der Waals surface area contributed by atoms with Crippen molar-refractivity contribution in [3.05, 3.63) is 54.1 Å². The third-order valence-electron chi connectivity index (χ3n) is 4.93. The molecular formula is C29H39N5O6. The van der Waals surface area contributed by atoms with Crippen LogP contribution in [0.15, 0.2) is 58.8 Å². The van der Waals surface area contributed by atoms with E-state index in [9.17, 15) is 19.2 Å². The standard InChI is InChI=1S/C29H39N5O6/c1-18(2)24(26(37)39-28(3,4)5)32-25(36)19-11-9-13-21(15-19)33-34-22-14-10-12-20(16-22)31-23(35)17-30-27(38)40-29(6,7)8/h9-16,18,24H,17H2,1-8H3,(H,30,38)(H,31,35)(H,32,36)/t24-/m0/s1. The van der Waals surface area contributed by atoms with Crippen molar-refractivity contribution < 1.29 is 28.7 Å². The monoisotopic (exact) mass is 553 g/mol. The minimum atomic E-state index is -0.811. The van der Waals surface area contributed by atoms with Gasteiger partial charge in [0.15, 0.2) is 0 Å². The first-order valence-corrected chi connectivity index (χ1v) is 12.9. The fourth-order valence-corrected chi connectivity index (χ4v) is 3.23. The van der Waals surface area contributed by atoms with Gasteiger partial charge in [0, 0.05) is 11.3 Å². The Bertz CT molecular complexity index is 1240. The van der Waals surface area contributed by atoms with E-state index in [4.69, 9.17) is 9.47 Å². The van der Waals surface area contributed by atoms with Gasteiger partial charge in [-0.2, -0.15) is 10.2 Å². The molecule has 0 bridgehead atoms. The zero-order valence-corrected chi connectivity index (χ0v) is 24.3. The third-order valence-corrected chi connectivity index (χ3v) is 4.93. The average molecular weight is 554 g/mol. The number of carbonyl (C=O) groups excluding carboxylic acids is 4. The van der Waals surface area contributed by atoms with Crippen LogP contribution in [0.2, 0.25) is 0 Å². The highest BCUT2D eigenvalue weighted by Crippen LogP contribution is 2.22. The van der Waals surface area contributed by atoms with E-state index in [1.54, 1.807) is 90.1 Å². The van der Waals surface area contributed by atoms with Crippen LogP contribution in [-0.2, 0) is 19.1 Å². The topological polar surface area (TPSA) is 148 Å². The summed E-state index contributed by atoms with van der Waals surface area (Å²) >= 11 is 0. The number of ether oxygens (including phenoxy) is 2. The average Bonchev–Trinajstić information content (AvgIpc) is 2.82. The summed E-state index contributed by atoms with van der Waals surface area (Å²) < 4.78 is 10.6. The van der Waals surface area contributed by atoms with Crippen LogP contribution in [0.1, 0.15) is 65.7 Å². The molecule has 2 rings (SSSR count). The van der Waals surface area contributed by atoms with Gasteiger partial charge in [0.1, 0.15) is 23.8 Å². The summed E-state index contributed by atoms with van der Waals surface area (Å²) in [6, 6.07) is 12.4. The first-order chi connectivity index (χ1) is 18.5. The molecule has 3 N–H and O–H groups in total. The van der Waals surface area contributed by atoms with E-state index in [2.05, 4.69) is 26.2 Å². The normalized spacial score (nSPS) is 12.5. The Kier molecular flexibility index (Phi) is 10.9. The van der Waals surface area contributed by atoms with Crippen LogP contribution in [0, 0.1) is 5.92 Å². The van der Waals surface area contributed by atoms with Crippen molar-refractivity contribution in [3.63, 3.8) is 0 Å². The van der Waals surface area contributed by atoms with Gasteiger partial charge in [-0.15, -0.1) is 0 Å².